The number of urea groups is 1. The lowest BCUT2D eigenvalue weighted by Crippen LogP contribution is -2.55. The molecule has 156 valence electrons. The average Bonchev–Trinajstić information content (AvgIpc) is 3.02. The predicted molar refractivity (Wildman–Crippen MR) is 98.8 cm³/mol. The number of amides is 2. The molecule has 1 saturated carbocycles. The van der Waals surface area contributed by atoms with Gasteiger partial charge >= 0.3 is 18.6 Å². The molecule has 0 aliphatic heterocycles. The molecule has 0 bridgehead atoms. The highest BCUT2D eigenvalue weighted by atomic mass is 19.3. The molecule has 1 aliphatic rings. The zero-order chi connectivity index (χ0) is 20.9. The number of ether oxygens (including phenoxy) is 3. The van der Waals surface area contributed by atoms with E-state index in [0.717, 1.165) is 12.8 Å². The van der Waals surface area contributed by atoms with Crippen molar-refractivity contribution in [3.05, 3.63) is 18.2 Å². The summed E-state index contributed by atoms with van der Waals surface area (Å²) in [6, 6.07) is 3.46. The number of carbonyl (C=O) groups excluding carboxylic acids is 2. The maximum absolute atomic E-state index is 12.6. The van der Waals surface area contributed by atoms with E-state index < -0.39 is 29.8 Å². The minimum absolute atomic E-state index is 0.104. The summed E-state index contributed by atoms with van der Waals surface area (Å²) in [5.41, 5.74) is -1.57. The smallest absolute Gasteiger partial charge is 0.387 e. The summed E-state index contributed by atoms with van der Waals surface area (Å²) < 4.78 is 39.9. The largest absolute Gasteiger partial charge is 0.493 e. The second-order valence-electron chi connectivity index (χ2n) is 7.61. The first-order valence-electron chi connectivity index (χ1n) is 9.00. The summed E-state index contributed by atoms with van der Waals surface area (Å²) in [4.78, 5) is 25.1. The number of hydrogen-bond acceptors (Lipinski definition) is 5. The molecule has 0 spiro atoms. The van der Waals surface area contributed by atoms with Gasteiger partial charge in [-0.2, -0.15) is 8.78 Å². The minimum Gasteiger partial charge on any atom is -0.493 e. The van der Waals surface area contributed by atoms with Crippen molar-refractivity contribution >= 4 is 17.7 Å². The molecule has 0 saturated heterocycles. The van der Waals surface area contributed by atoms with Crippen molar-refractivity contribution in [2.24, 2.45) is 0 Å². The van der Waals surface area contributed by atoms with Crippen molar-refractivity contribution in [1.82, 2.24) is 5.32 Å². The summed E-state index contributed by atoms with van der Waals surface area (Å²) in [5, 5.41) is 5.25. The van der Waals surface area contributed by atoms with Crippen LogP contribution in [0.25, 0.3) is 0 Å². The summed E-state index contributed by atoms with van der Waals surface area (Å²) in [6.45, 7) is 2.24. The van der Waals surface area contributed by atoms with Gasteiger partial charge in [-0.3, -0.25) is 0 Å². The molecule has 0 unspecified atom stereocenters. The van der Waals surface area contributed by atoms with Crippen LogP contribution in [-0.2, 0) is 9.53 Å². The molecule has 0 atom stereocenters. The molecule has 1 aromatic carbocycles. The van der Waals surface area contributed by atoms with Crippen molar-refractivity contribution in [2.45, 2.75) is 64.2 Å². The van der Waals surface area contributed by atoms with Crippen LogP contribution < -0.4 is 20.1 Å². The standard InChI is InChI=1S/C19H26F2N2O5/c1-18(2,3)28-15(24)19(9-5-6-10-19)23-17(25)22-12-7-8-13(26-4)14(11-12)27-16(20)21/h7-8,11,16H,5-6,9-10H2,1-4H3,(H2,22,23,25). The van der Waals surface area contributed by atoms with Crippen molar-refractivity contribution in [3.63, 3.8) is 0 Å². The van der Waals surface area contributed by atoms with E-state index in [0.29, 0.717) is 12.8 Å². The molecule has 0 aromatic heterocycles. The summed E-state index contributed by atoms with van der Waals surface area (Å²) >= 11 is 0. The van der Waals surface area contributed by atoms with Gasteiger partial charge in [-0.25, -0.2) is 9.59 Å². The predicted octanol–water partition coefficient (Wildman–Crippen LogP) is 4.07. The van der Waals surface area contributed by atoms with Crippen LogP contribution >= 0.6 is 0 Å². The third-order valence-corrected chi connectivity index (χ3v) is 4.24. The van der Waals surface area contributed by atoms with Crippen molar-refractivity contribution in [1.29, 1.82) is 0 Å². The first kappa shape index (κ1) is 21.7. The number of carbonyl (C=O) groups is 2. The molecule has 1 aliphatic carbocycles. The molecule has 2 rings (SSSR count). The van der Waals surface area contributed by atoms with Gasteiger partial charge in [-0.1, -0.05) is 12.8 Å². The number of benzene rings is 1. The quantitative estimate of drug-likeness (QED) is 0.703. The van der Waals surface area contributed by atoms with Crippen LogP contribution in [0.3, 0.4) is 0 Å². The van der Waals surface area contributed by atoms with Gasteiger partial charge in [0.15, 0.2) is 11.5 Å². The van der Waals surface area contributed by atoms with E-state index in [4.69, 9.17) is 9.47 Å². The second kappa shape index (κ2) is 8.62. The van der Waals surface area contributed by atoms with Gasteiger partial charge in [0.2, 0.25) is 0 Å². The average molecular weight is 400 g/mol. The zero-order valence-corrected chi connectivity index (χ0v) is 16.4. The number of methoxy groups -OCH3 is 1. The fraction of sp³-hybridized carbons (Fsp3) is 0.579. The van der Waals surface area contributed by atoms with Gasteiger partial charge in [0.05, 0.1) is 7.11 Å². The van der Waals surface area contributed by atoms with Gasteiger partial charge in [0, 0.05) is 11.8 Å². The Labute approximate surface area is 162 Å². The minimum atomic E-state index is -3.04. The summed E-state index contributed by atoms with van der Waals surface area (Å²) in [5.74, 6) is -0.589. The van der Waals surface area contributed by atoms with Gasteiger partial charge < -0.3 is 24.8 Å². The van der Waals surface area contributed by atoms with Crippen molar-refractivity contribution < 1.29 is 32.6 Å². The van der Waals surface area contributed by atoms with Crippen LogP contribution in [-0.4, -0.2) is 36.9 Å². The first-order valence-corrected chi connectivity index (χ1v) is 9.00. The van der Waals surface area contributed by atoms with Crippen LogP contribution in [0.1, 0.15) is 46.5 Å². The molecular formula is C19H26F2N2O5. The van der Waals surface area contributed by atoms with Gasteiger partial charge in [0.1, 0.15) is 11.1 Å². The van der Waals surface area contributed by atoms with Crippen LogP contribution in [0.15, 0.2) is 18.2 Å². The fourth-order valence-corrected chi connectivity index (χ4v) is 3.06. The number of esters is 1. The Morgan fingerprint density at radius 2 is 1.79 bits per heavy atom. The summed E-state index contributed by atoms with van der Waals surface area (Å²) in [7, 11) is 1.32. The Kier molecular flexibility index (Phi) is 6.69. The lowest BCUT2D eigenvalue weighted by atomic mass is 9.97. The SMILES string of the molecule is COc1ccc(NC(=O)NC2(C(=O)OC(C)(C)C)CCCC2)cc1OC(F)F. The Balaban J connectivity index is 2.12. The molecule has 1 fully saturated rings. The van der Waals surface area contributed by atoms with E-state index in [9.17, 15) is 18.4 Å². The second-order valence-corrected chi connectivity index (χ2v) is 7.61. The lowest BCUT2D eigenvalue weighted by Gasteiger charge is -2.31. The number of alkyl halides is 2. The number of anilines is 1. The Morgan fingerprint density at radius 1 is 1.14 bits per heavy atom. The Morgan fingerprint density at radius 3 is 2.32 bits per heavy atom. The zero-order valence-electron chi connectivity index (χ0n) is 16.4. The number of nitrogens with one attached hydrogen (secondary N) is 2. The van der Waals surface area contributed by atoms with E-state index in [1.807, 2.05) is 0 Å². The highest BCUT2D eigenvalue weighted by molar-refractivity contribution is 5.94. The number of rotatable bonds is 6. The van der Waals surface area contributed by atoms with Crippen molar-refractivity contribution in [2.75, 3.05) is 12.4 Å². The molecule has 28 heavy (non-hydrogen) atoms. The maximum Gasteiger partial charge on any atom is 0.387 e. The monoisotopic (exact) mass is 400 g/mol. The van der Waals surface area contributed by atoms with E-state index in [1.165, 1.54) is 25.3 Å². The first-order chi connectivity index (χ1) is 13.0. The van der Waals surface area contributed by atoms with E-state index in [-0.39, 0.29) is 17.2 Å². The number of hydrogen-bond donors (Lipinski definition) is 2. The topological polar surface area (TPSA) is 85.9 Å². The maximum atomic E-state index is 12.6. The van der Waals surface area contributed by atoms with Crippen molar-refractivity contribution in [3.8, 4) is 11.5 Å². The molecule has 2 amide bonds. The summed E-state index contributed by atoms with van der Waals surface area (Å²) in [6.07, 6.45) is 2.51. The van der Waals surface area contributed by atoms with Crippen LogP contribution in [0.2, 0.25) is 0 Å². The molecule has 0 heterocycles. The van der Waals surface area contributed by atoms with E-state index >= 15 is 0 Å². The molecular weight excluding hydrogens is 374 g/mol. The third kappa shape index (κ3) is 5.71. The molecule has 7 nitrogen and oxygen atoms in total. The molecule has 1 aromatic rings. The third-order valence-electron chi connectivity index (χ3n) is 4.24. The van der Waals surface area contributed by atoms with Gasteiger partial charge in [0.25, 0.3) is 0 Å². The van der Waals surface area contributed by atoms with E-state index in [2.05, 4.69) is 15.4 Å². The van der Waals surface area contributed by atoms with E-state index in [1.54, 1.807) is 20.8 Å². The van der Waals surface area contributed by atoms with Crippen LogP contribution in [0.5, 0.6) is 11.5 Å². The Bertz CT molecular complexity index is 713. The molecule has 9 heteroatoms. The highest BCUT2D eigenvalue weighted by Gasteiger charge is 2.45. The number of halogens is 2. The van der Waals surface area contributed by atoms with Crippen LogP contribution in [0.4, 0.5) is 19.3 Å². The highest BCUT2D eigenvalue weighted by Crippen LogP contribution is 2.33. The Hall–Kier alpha value is -2.58. The van der Waals surface area contributed by atoms with Gasteiger partial charge in [-0.15, -0.1) is 0 Å². The van der Waals surface area contributed by atoms with Gasteiger partial charge in [-0.05, 0) is 45.7 Å². The normalized spacial score (nSPS) is 15.8. The molecule has 0 radical (unpaired) electrons. The molecule has 2 N–H and O–H groups in total. The lowest BCUT2D eigenvalue weighted by molar-refractivity contribution is -0.162. The van der Waals surface area contributed by atoms with Crippen LogP contribution in [0, 0.1) is 0 Å². The fourth-order valence-electron chi connectivity index (χ4n) is 3.06.